The van der Waals surface area contributed by atoms with Crippen LogP contribution in [0, 0.1) is 6.92 Å². The van der Waals surface area contributed by atoms with E-state index in [4.69, 9.17) is 17.3 Å². The lowest BCUT2D eigenvalue weighted by Gasteiger charge is -2.08. The molecule has 2 aromatic carbocycles. The zero-order valence-electron chi connectivity index (χ0n) is 10.8. The van der Waals surface area contributed by atoms with Crippen molar-refractivity contribution < 1.29 is 0 Å². The molecule has 0 aliphatic heterocycles. The molecule has 3 aromatic rings. The third kappa shape index (κ3) is 1.78. The molecule has 2 N–H and O–H groups in total. The molecule has 1 aromatic heterocycles. The minimum absolute atomic E-state index is 0.621. The van der Waals surface area contributed by atoms with E-state index in [9.17, 15) is 0 Å². The molecular formula is C15H14ClN3. The lowest BCUT2D eigenvalue weighted by molar-refractivity contribution is 0.956. The van der Waals surface area contributed by atoms with Gasteiger partial charge in [-0.3, -0.25) is 0 Å². The molecule has 1 heterocycles. The van der Waals surface area contributed by atoms with Crippen molar-refractivity contribution >= 4 is 28.3 Å². The summed E-state index contributed by atoms with van der Waals surface area (Å²) in [5.41, 5.74) is 10.7. The maximum atomic E-state index is 6.27. The number of nitrogen functional groups attached to an aromatic ring is 1. The van der Waals surface area contributed by atoms with Gasteiger partial charge in [-0.15, -0.1) is 0 Å². The van der Waals surface area contributed by atoms with Crippen molar-refractivity contribution in [2.24, 2.45) is 7.05 Å². The lowest BCUT2D eigenvalue weighted by Crippen LogP contribution is -1.98. The Bertz CT molecular complexity index is 754. The van der Waals surface area contributed by atoms with Gasteiger partial charge in [-0.25, -0.2) is 4.98 Å². The smallest absolute Gasteiger partial charge is 0.144 e. The van der Waals surface area contributed by atoms with Gasteiger partial charge in [0.25, 0.3) is 0 Å². The van der Waals surface area contributed by atoms with Crippen LogP contribution in [0.1, 0.15) is 5.56 Å². The van der Waals surface area contributed by atoms with Crippen molar-refractivity contribution in [3.8, 4) is 11.4 Å². The van der Waals surface area contributed by atoms with Crippen LogP contribution in [0.25, 0.3) is 22.4 Å². The summed E-state index contributed by atoms with van der Waals surface area (Å²) in [7, 11) is 1.99. The van der Waals surface area contributed by atoms with E-state index in [1.807, 2.05) is 41.9 Å². The molecule has 3 nitrogen and oxygen atoms in total. The minimum atomic E-state index is 0.621. The highest BCUT2D eigenvalue weighted by atomic mass is 35.5. The summed E-state index contributed by atoms with van der Waals surface area (Å²) in [6.07, 6.45) is 0. The van der Waals surface area contributed by atoms with Crippen molar-refractivity contribution in [3.05, 3.63) is 47.0 Å². The summed E-state index contributed by atoms with van der Waals surface area (Å²) in [5.74, 6) is 0.799. The van der Waals surface area contributed by atoms with Crippen LogP contribution in [0.2, 0.25) is 5.02 Å². The second-order valence-electron chi connectivity index (χ2n) is 4.64. The predicted octanol–water partition coefficient (Wildman–Crippen LogP) is 3.78. The zero-order chi connectivity index (χ0) is 13.6. The summed E-state index contributed by atoms with van der Waals surface area (Å²) in [4.78, 5) is 4.66. The summed E-state index contributed by atoms with van der Waals surface area (Å²) >= 11 is 6.27. The van der Waals surface area contributed by atoms with Gasteiger partial charge in [-0.2, -0.15) is 0 Å². The van der Waals surface area contributed by atoms with Crippen molar-refractivity contribution in [1.82, 2.24) is 9.55 Å². The molecule has 0 saturated carbocycles. The van der Waals surface area contributed by atoms with Crippen LogP contribution in [0.5, 0.6) is 0 Å². The third-order valence-corrected chi connectivity index (χ3v) is 3.68. The second-order valence-corrected chi connectivity index (χ2v) is 5.05. The summed E-state index contributed by atoms with van der Waals surface area (Å²) < 4.78 is 2.04. The first-order chi connectivity index (χ1) is 9.09. The van der Waals surface area contributed by atoms with Crippen molar-refractivity contribution in [3.63, 3.8) is 0 Å². The topological polar surface area (TPSA) is 43.8 Å². The number of anilines is 1. The first kappa shape index (κ1) is 12.1. The van der Waals surface area contributed by atoms with E-state index in [2.05, 4.69) is 18.0 Å². The molecule has 0 fully saturated rings. The number of hydrogen-bond acceptors (Lipinski definition) is 2. The number of halogens is 1. The molecule has 0 radical (unpaired) electrons. The van der Waals surface area contributed by atoms with Gasteiger partial charge in [0, 0.05) is 12.7 Å². The molecule has 0 aliphatic rings. The van der Waals surface area contributed by atoms with Crippen LogP contribution >= 0.6 is 11.6 Å². The van der Waals surface area contributed by atoms with E-state index < -0.39 is 0 Å². The Morgan fingerprint density at radius 3 is 2.58 bits per heavy atom. The molecule has 0 aliphatic carbocycles. The van der Waals surface area contributed by atoms with Crippen LogP contribution in [-0.4, -0.2) is 9.55 Å². The van der Waals surface area contributed by atoms with Gasteiger partial charge in [-0.05, 0) is 30.7 Å². The standard InChI is InChI=1S/C15H14ClN3/c1-9-5-3-8-12-14(9)19(2)15(18-12)13-10(16)6-4-7-11(13)17/h3-8H,17H2,1-2H3. The van der Waals surface area contributed by atoms with E-state index in [-0.39, 0.29) is 0 Å². The molecule has 0 spiro atoms. The summed E-state index contributed by atoms with van der Waals surface area (Å²) in [6, 6.07) is 11.6. The Labute approximate surface area is 116 Å². The van der Waals surface area contributed by atoms with E-state index in [1.165, 1.54) is 5.56 Å². The Hall–Kier alpha value is -2.00. The maximum Gasteiger partial charge on any atom is 0.144 e. The fraction of sp³-hybridized carbons (Fsp3) is 0.133. The Balaban J connectivity index is 2.38. The van der Waals surface area contributed by atoms with Gasteiger partial charge in [0.15, 0.2) is 0 Å². The number of benzene rings is 2. The van der Waals surface area contributed by atoms with Crippen LogP contribution in [0.15, 0.2) is 36.4 Å². The average Bonchev–Trinajstić information content (AvgIpc) is 2.68. The largest absolute Gasteiger partial charge is 0.398 e. The highest BCUT2D eigenvalue weighted by Crippen LogP contribution is 2.34. The molecule has 0 saturated heterocycles. The van der Waals surface area contributed by atoms with Gasteiger partial charge in [-0.1, -0.05) is 29.8 Å². The van der Waals surface area contributed by atoms with Crippen molar-refractivity contribution in [1.29, 1.82) is 0 Å². The fourth-order valence-corrected chi connectivity index (χ4v) is 2.73. The van der Waals surface area contributed by atoms with Crippen molar-refractivity contribution in [2.75, 3.05) is 5.73 Å². The highest BCUT2D eigenvalue weighted by Gasteiger charge is 2.16. The van der Waals surface area contributed by atoms with Crippen LogP contribution in [0.3, 0.4) is 0 Å². The maximum absolute atomic E-state index is 6.27. The van der Waals surface area contributed by atoms with Gasteiger partial charge < -0.3 is 10.3 Å². The average molecular weight is 272 g/mol. The third-order valence-electron chi connectivity index (χ3n) is 3.37. The Morgan fingerprint density at radius 1 is 1.16 bits per heavy atom. The number of rotatable bonds is 1. The molecule has 3 rings (SSSR count). The van der Waals surface area contributed by atoms with Crippen LogP contribution in [-0.2, 0) is 7.05 Å². The van der Waals surface area contributed by atoms with Gasteiger partial charge in [0.1, 0.15) is 5.82 Å². The Kier molecular flexibility index (Phi) is 2.72. The number of aromatic nitrogens is 2. The number of nitrogens with two attached hydrogens (primary N) is 1. The number of hydrogen-bond donors (Lipinski definition) is 1. The molecular weight excluding hydrogens is 258 g/mol. The number of imidazole rings is 1. The molecule has 0 bridgehead atoms. The first-order valence-electron chi connectivity index (χ1n) is 6.06. The molecule has 4 heteroatoms. The second kappa shape index (κ2) is 4.28. The first-order valence-corrected chi connectivity index (χ1v) is 6.44. The number of para-hydroxylation sites is 1. The quantitative estimate of drug-likeness (QED) is 0.685. The van der Waals surface area contributed by atoms with E-state index in [0.717, 1.165) is 22.4 Å². The molecule has 0 unspecified atom stereocenters. The zero-order valence-corrected chi connectivity index (χ0v) is 11.6. The monoisotopic (exact) mass is 271 g/mol. The molecule has 0 atom stereocenters. The van der Waals surface area contributed by atoms with E-state index in [1.54, 1.807) is 0 Å². The van der Waals surface area contributed by atoms with Crippen molar-refractivity contribution in [2.45, 2.75) is 6.92 Å². The molecule has 19 heavy (non-hydrogen) atoms. The Morgan fingerprint density at radius 2 is 1.89 bits per heavy atom. The lowest BCUT2D eigenvalue weighted by atomic mass is 10.1. The van der Waals surface area contributed by atoms with Gasteiger partial charge >= 0.3 is 0 Å². The summed E-state index contributed by atoms with van der Waals surface area (Å²) in [5, 5.41) is 0.621. The molecule has 0 amide bonds. The van der Waals surface area contributed by atoms with Crippen LogP contribution < -0.4 is 5.73 Å². The molecule has 96 valence electrons. The number of nitrogens with zero attached hydrogens (tertiary/aromatic N) is 2. The number of fused-ring (bicyclic) bond motifs is 1. The minimum Gasteiger partial charge on any atom is -0.398 e. The van der Waals surface area contributed by atoms with Gasteiger partial charge in [0.05, 0.1) is 21.6 Å². The van der Waals surface area contributed by atoms with Crippen LogP contribution in [0.4, 0.5) is 5.69 Å². The van der Waals surface area contributed by atoms with Gasteiger partial charge in [0.2, 0.25) is 0 Å². The summed E-state index contributed by atoms with van der Waals surface area (Å²) in [6.45, 7) is 2.07. The highest BCUT2D eigenvalue weighted by molar-refractivity contribution is 6.33. The normalized spacial score (nSPS) is 11.1. The number of aryl methyl sites for hydroxylation is 2. The SMILES string of the molecule is Cc1cccc2nc(-c3c(N)cccc3Cl)n(C)c12. The van der Waals surface area contributed by atoms with E-state index >= 15 is 0 Å². The predicted molar refractivity (Wildman–Crippen MR) is 80.3 cm³/mol. The fourth-order valence-electron chi connectivity index (χ4n) is 2.47. The van der Waals surface area contributed by atoms with E-state index in [0.29, 0.717) is 10.7 Å².